The first-order chi connectivity index (χ1) is 12.1. The average Bonchev–Trinajstić information content (AvgIpc) is 3.36. The number of rotatable bonds is 8. The van der Waals surface area contributed by atoms with Gasteiger partial charge in [0.25, 0.3) is 0 Å². The second-order valence-electron chi connectivity index (χ2n) is 6.58. The molecule has 1 N–H and O–H groups in total. The van der Waals surface area contributed by atoms with Crippen molar-refractivity contribution in [2.45, 2.75) is 71.3 Å². The normalized spacial score (nSPS) is 16.8. The predicted octanol–water partition coefficient (Wildman–Crippen LogP) is 6.31. The Balaban J connectivity index is 0. The molecule has 0 aromatic heterocycles. The first kappa shape index (κ1) is 28.7. The minimum atomic E-state index is -0.482. The molecule has 0 saturated heterocycles. The second kappa shape index (κ2) is 20.2. The van der Waals surface area contributed by atoms with Crippen LogP contribution < -0.4 is 0 Å². The quantitative estimate of drug-likeness (QED) is 0.446. The van der Waals surface area contributed by atoms with Gasteiger partial charge in [0.05, 0.1) is 5.60 Å². The fraction of sp³-hybridized carbons (Fsp3) is 0.458. The van der Waals surface area contributed by atoms with Gasteiger partial charge < -0.3 is 5.11 Å². The van der Waals surface area contributed by atoms with Crippen molar-refractivity contribution >= 4 is 0 Å². The number of allylic oxidation sites excluding steroid dienone is 1. The molecule has 144 valence electrons. The third-order valence-corrected chi connectivity index (χ3v) is 4.06. The standard InChI is InChI=1S/C14H27O.2C5H5.Zr/c1-5-8-10-14(15,11-9-6-2)12-13(4)7-3;2*1-2-4-5-3-1;/h7,15H,3,5-6,8-12H2,1-2,4H3;2*1-5H;/q-1;;;/b13-7-;;;. The van der Waals surface area contributed by atoms with Crippen LogP contribution in [-0.2, 0) is 26.2 Å². The topological polar surface area (TPSA) is 20.2 Å². The molecular weight excluding hydrogens is 395 g/mol. The fourth-order valence-electron chi connectivity index (χ4n) is 2.55. The van der Waals surface area contributed by atoms with E-state index in [4.69, 9.17) is 0 Å². The van der Waals surface area contributed by atoms with Gasteiger partial charge in [-0.15, -0.1) is 6.92 Å². The summed E-state index contributed by atoms with van der Waals surface area (Å²) in [6.45, 7) is 10.2. The summed E-state index contributed by atoms with van der Waals surface area (Å²) in [6.07, 6.45) is 29.0. The van der Waals surface area contributed by atoms with Gasteiger partial charge in [0.1, 0.15) is 0 Å². The van der Waals surface area contributed by atoms with Crippen molar-refractivity contribution in [3.8, 4) is 0 Å². The molecule has 2 fully saturated rings. The molecule has 0 spiro atoms. The average molecular weight is 433 g/mol. The molecule has 0 bridgehead atoms. The van der Waals surface area contributed by atoms with Crippen molar-refractivity contribution in [2.75, 3.05) is 0 Å². The second-order valence-corrected chi connectivity index (χ2v) is 6.58. The number of unbranched alkanes of at least 4 members (excludes halogenated alkanes) is 2. The molecule has 26 heavy (non-hydrogen) atoms. The van der Waals surface area contributed by atoms with Crippen LogP contribution in [0.25, 0.3) is 0 Å². The molecular formula is C24H37OZr-. The molecule has 2 heteroatoms. The number of hydrogen-bond donors (Lipinski definition) is 1. The molecule has 0 aromatic carbocycles. The zero-order valence-electron chi connectivity index (χ0n) is 17.0. The molecule has 0 atom stereocenters. The van der Waals surface area contributed by atoms with E-state index in [0.717, 1.165) is 44.9 Å². The summed E-state index contributed by atoms with van der Waals surface area (Å²) in [5.41, 5.74) is 0.717. The molecule has 2 aliphatic carbocycles. The smallest absolute Gasteiger partial charge is 0.0534 e. The number of hydrogen-bond acceptors (Lipinski definition) is 1. The van der Waals surface area contributed by atoms with Gasteiger partial charge >= 0.3 is 0 Å². The molecule has 0 aromatic rings. The Kier molecular flexibility index (Phi) is 22.3. The van der Waals surface area contributed by atoms with Crippen LogP contribution in [0.3, 0.4) is 0 Å². The predicted molar refractivity (Wildman–Crippen MR) is 111 cm³/mol. The van der Waals surface area contributed by atoms with Crippen LogP contribution in [0.1, 0.15) is 65.7 Å². The first-order valence-electron chi connectivity index (χ1n) is 9.58. The Morgan fingerprint density at radius 3 is 1.35 bits per heavy atom. The van der Waals surface area contributed by atoms with Crippen molar-refractivity contribution in [3.63, 3.8) is 0 Å². The van der Waals surface area contributed by atoms with Crippen molar-refractivity contribution in [3.05, 3.63) is 82.8 Å². The summed E-state index contributed by atoms with van der Waals surface area (Å²) in [7, 11) is 0. The maximum Gasteiger partial charge on any atom is 0.0534 e. The van der Waals surface area contributed by atoms with Gasteiger partial charge in [0.15, 0.2) is 0 Å². The van der Waals surface area contributed by atoms with E-state index in [9.17, 15) is 5.11 Å². The Hall–Kier alpha value is 0.453. The van der Waals surface area contributed by atoms with Crippen molar-refractivity contribution in [1.82, 2.24) is 0 Å². The van der Waals surface area contributed by atoms with Gasteiger partial charge in [-0.05, 0) is 77.0 Å². The van der Waals surface area contributed by atoms with E-state index in [1.54, 1.807) is 0 Å². The van der Waals surface area contributed by atoms with Crippen LogP contribution in [0.5, 0.6) is 0 Å². The Labute approximate surface area is 184 Å². The van der Waals surface area contributed by atoms with E-state index in [2.05, 4.69) is 27.7 Å². The van der Waals surface area contributed by atoms with E-state index >= 15 is 0 Å². The minimum Gasteiger partial charge on any atom is -0.391 e. The molecule has 2 aliphatic rings. The SMILES string of the molecule is [CH2-]/C=C(/C)CC(O)(CCCC)CCCC.[CH]1[CH][CH][CH][CH]1.[CH]1[CH][CH][CH][CH]1.[Zr]. The maximum absolute atomic E-state index is 10.5. The third kappa shape index (κ3) is 17.8. The van der Waals surface area contributed by atoms with Crippen LogP contribution in [-0.4, -0.2) is 10.7 Å². The molecule has 2 saturated carbocycles. The Morgan fingerprint density at radius 2 is 1.12 bits per heavy atom. The number of aliphatic hydroxyl groups is 1. The van der Waals surface area contributed by atoms with Crippen molar-refractivity contribution in [1.29, 1.82) is 0 Å². The van der Waals surface area contributed by atoms with Gasteiger partial charge in [0, 0.05) is 26.2 Å². The van der Waals surface area contributed by atoms with Crippen LogP contribution >= 0.6 is 0 Å². The maximum atomic E-state index is 10.5. The minimum absolute atomic E-state index is 0. The van der Waals surface area contributed by atoms with Gasteiger partial charge in [-0.2, -0.15) is 0 Å². The van der Waals surface area contributed by atoms with Crippen molar-refractivity contribution in [2.24, 2.45) is 0 Å². The molecule has 0 amide bonds. The van der Waals surface area contributed by atoms with Gasteiger partial charge in [-0.1, -0.05) is 46.0 Å². The molecule has 0 aliphatic heterocycles. The van der Waals surface area contributed by atoms with E-state index in [-0.39, 0.29) is 26.2 Å². The summed E-state index contributed by atoms with van der Waals surface area (Å²) in [4.78, 5) is 0. The van der Waals surface area contributed by atoms with E-state index in [1.165, 1.54) is 5.57 Å². The summed E-state index contributed by atoms with van der Waals surface area (Å²) in [5.74, 6) is 0. The zero-order chi connectivity index (χ0) is 18.8. The molecule has 10 radical (unpaired) electrons. The van der Waals surface area contributed by atoms with Crippen LogP contribution in [0.15, 0.2) is 11.6 Å². The summed E-state index contributed by atoms with van der Waals surface area (Å²) >= 11 is 0. The van der Waals surface area contributed by atoms with Gasteiger partial charge in [0.2, 0.25) is 0 Å². The first-order valence-corrected chi connectivity index (χ1v) is 9.58. The third-order valence-electron chi connectivity index (χ3n) is 4.06. The van der Waals surface area contributed by atoms with Crippen LogP contribution in [0, 0.1) is 71.1 Å². The zero-order valence-corrected chi connectivity index (χ0v) is 19.4. The summed E-state index contributed by atoms with van der Waals surface area (Å²) < 4.78 is 0. The summed E-state index contributed by atoms with van der Waals surface area (Å²) in [5, 5.41) is 10.5. The van der Waals surface area contributed by atoms with Crippen molar-refractivity contribution < 1.29 is 31.3 Å². The van der Waals surface area contributed by atoms with Crippen LogP contribution in [0.2, 0.25) is 0 Å². The summed E-state index contributed by atoms with van der Waals surface area (Å²) in [6, 6.07) is 0. The fourth-order valence-corrected chi connectivity index (χ4v) is 2.55. The van der Waals surface area contributed by atoms with Crippen LogP contribution in [0.4, 0.5) is 0 Å². The molecule has 0 heterocycles. The van der Waals surface area contributed by atoms with E-state index in [1.807, 2.05) is 70.3 Å². The molecule has 1 nitrogen and oxygen atoms in total. The van der Waals surface area contributed by atoms with E-state index < -0.39 is 5.60 Å². The van der Waals surface area contributed by atoms with Gasteiger partial charge in [-0.3, -0.25) is 0 Å². The Morgan fingerprint density at radius 1 is 0.808 bits per heavy atom. The molecule has 0 unspecified atom stereocenters. The Bertz CT molecular complexity index is 270. The van der Waals surface area contributed by atoms with Gasteiger partial charge in [-0.25, -0.2) is 18.6 Å². The monoisotopic (exact) mass is 431 g/mol. The van der Waals surface area contributed by atoms with E-state index in [0.29, 0.717) is 0 Å². The largest absolute Gasteiger partial charge is 0.391 e. The molecule has 2 rings (SSSR count).